The van der Waals surface area contributed by atoms with E-state index in [9.17, 15) is 15.3 Å². The van der Waals surface area contributed by atoms with Crippen molar-refractivity contribution in [3.63, 3.8) is 0 Å². The second-order valence-corrected chi connectivity index (χ2v) is 4.20. The van der Waals surface area contributed by atoms with Gasteiger partial charge in [0.05, 0.1) is 19.4 Å². The highest BCUT2D eigenvalue weighted by atomic mass is 16.3. The lowest BCUT2D eigenvalue weighted by Crippen LogP contribution is -2.47. The van der Waals surface area contributed by atoms with Crippen LogP contribution in [0.3, 0.4) is 0 Å². The molecule has 19 heavy (non-hydrogen) atoms. The number of aliphatic hydroxyl groups excluding tert-OH is 4. The molecule has 0 heterocycles. The van der Waals surface area contributed by atoms with Crippen molar-refractivity contribution in [3.05, 3.63) is 29.3 Å². The van der Waals surface area contributed by atoms with Crippen LogP contribution in [0.25, 0.3) is 0 Å². The number of benzene rings is 1. The fraction of sp³-hybridized carbons (Fsp3) is 0.500. The van der Waals surface area contributed by atoms with Crippen LogP contribution in [-0.2, 0) is 0 Å². The molecule has 2 unspecified atom stereocenters. The first-order valence-electron chi connectivity index (χ1n) is 5.87. The van der Waals surface area contributed by atoms with Crippen LogP contribution in [0.1, 0.15) is 17.3 Å². The van der Waals surface area contributed by atoms with Crippen molar-refractivity contribution in [3.8, 4) is 5.75 Å². The van der Waals surface area contributed by atoms with Gasteiger partial charge in [0, 0.05) is 0 Å². The number of hydrogen-bond donors (Lipinski definition) is 7. The number of aliphatic hydroxyl groups is 4. The van der Waals surface area contributed by atoms with E-state index >= 15 is 0 Å². The van der Waals surface area contributed by atoms with Gasteiger partial charge in [-0.1, -0.05) is 6.07 Å². The van der Waals surface area contributed by atoms with Gasteiger partial charge in [-0.15, -0.1) is 0 Å². The molecule has 0 saturated heterocycles. The smallest absolute Gasteiger partial charge is 0.129 e. The SMILES string of the molecule is Cc1ccc(O)cc1C(NC(O)CO)NC(O)CO. The van der Waals surface area contributed by atoms with Crippen LogP contribution in [0.15, 0.2) is 18.2 Å². The quantitative estimate of drug-likeness (QED) is 0.301. The molecular formula is C12H20N2O5. The Kier molecular flexibility index (Phi) is 6.16. The van der Waals surface area contributed by atoms with Crippen molar-refractivity contribution in [2.45, 2.75) is 25.5 Å². The average molecular weight is 272 g/mol. The molecule has 1 aromatic carbocycles. The third-order valence-corrected chi connectivity index (χ3v) is 2.64. The monoisotopic (exact) mass is 272 g/mol. The molecule has 1 aromatic rings. The first-order chi connectivity index (χ1) is 8.97. The summed E-state index contributed by atoms with van der Waals surface area (Å²) >= 11 is 0. The minimum atomic E-state index is -1.20. The molecule has 0 aliphatic rings. The molecule has 7 N–H and O–H groups in total. The van der Waals surface area contributed by atoms with Gasteiger partial charge in [0.15, 0.2) is 0 Å². The summed E-state index contributed by atoms with van der Waals surface area (Å²) < 4.78 is 0. The second-order valence-electron chi connectivity index (χ2n) is 4.20. The van der Waals surface area contributed by atoms with Crippen LogP contribution < -0.4 is 10.6 Å². The van der Waals surface area contributed by atoms with Crippen LogP contribution in [0.2, 0.25) is 0 Å². The molecular weight excluding hydrogens is 252 g/mol. The molecule has 7 nitrogen and oxygen atoms in total. The summed E-state index contributed by atoms with van der Waals surface area (Å²) in [5, 5.41) is 51.3. The predicted octanol–water partition coefficient (Wildman–Crippen LogP) is -1.50. The van der Waals surface area contributed by atoms with Gasteiger partial charge in [-0.3, -0.25) is 10.6 Å². The van der Waals surface area contributed by atoms with Gasteiger partial charge < -0.3 is 25.5 Å². The van der Waals surface area contributed by atoms with Crippen molar-refractivity contribution in [2.75, 3.05) is 13.2 Å². The van der Waals surface area contributed by atoms with Crippen molar-refractivity contribution >= 4 is 0 Å². The summed E-state index contributed by atoms with van der Waals surface area (Å²) in [5.74, 6) is 0.0335. The lowest BCUT2D eigenvalue weighted by molar-refractivity contribution is 0.0208. The van der Waals surface area contributed by atoms with Crippen LogP contribution in [0.5, 0.6) is 5.75 Å². The van der Waals surface area contributed by atoms with Crippen molar-refractivity contribution in [1.29, 1.82) is 0 Å². The summed E-state index contributed by atoms with van der Waals surface area (Å²) in [6.07, 6.45) is -3.15. The minimum Gasteiger partial charge on any atom is -0.508 e. The van der Waals surface area contributed by atoms with E-state index in [4.69, 9.17) is 10.2 Å². The Morgan fingerprint density at radius 3 is 2.05 bits per heavy atom. The Morgan fingerprint density at radius 1 is 1.05 bits per heavy atom. The molecule has 0 aliphatic heterocycles. The van der Waals surface area contributed by atoms with E-state index in [2.05, 4.69) is 10.6 Å². The molecule has 7 heteroatoms. The van der Waals surface area contributed by atoms with E-state index in [1.54, 1.807) is 13.0 Å². The standard InChI is InChI=1S/C12H20N2O5/c1-7-2-3-8(17)4-9(7)12(13-10(18)5-15)14-11(19)6-16/h2-4,10-19H,5-6H2,1H3. The van der Waals surface area contributed by atoms with E-state index in [0.717, 1.165) is 5.56 Å². The molecule has 0 fully saturated rings. The molecule has 0 aromatic heterocycles. The largest absolute Gasteiger partial charge is 0.508 e. The molecule has 108 valence electrons. The molecule has 0 bridgehead atoms. The predicted molar refractivity (Wildman–Crippen MR) is 68.0 cm³/mol. The summed E-state index contributed by atoms with van der Waals surface area (Å²) in [6, 6.07) is 4.66. The average Bonchev–Trinajstić information content (AvgIpc) is 2.40. The number of aromatic hydroxyl groups is 1. The molecule has 2 atom stereocenters. The number of phenols is 1. The molecule has 0 aliphatic carbocycles. The van der Waals surface area contributed by atoms with Crippen LogP contribution in [0, 0.1) is 6.92 Å². The van der Waals surface area contributed by atoms with Crippen LogP contribution in [-0.4, -0.2) is 51.2 Å². The topological polar surface area (TPSA) is 125 Å². The molecule has 0 saturated carbocycles. The number of phenolic OH excluding ortho intramolecular Hbond substituents is 1. The maximum absolute atomic E-state index is 9.49. The summed E-state index contributed by atoms with van der Waals surface area (Å²) in [7, 11) is 0. The van der Waals surface area contributed by atoms with Gasteiger partial charge in [-0.2, -0.15) is 0 Å². The second kappa shape index (κ2) is 7.39. The number of rotatable bonds is 7. The highest BCUT2D eigenvalue weighted by molar-refractivity contribution is 5.36. The zero-order valence-electron chi connectivity index (χ0n) is 10.6. The van der Waals surface area contributed by atoms with Crippen molar-refractivity contribution < 1.29 is 25.5 Å². The van der Waals surface area contributed by atoms with Gasteiger partial charge in [-0.05, 0) is 30.2 Å². The number of nitrogens with one attached hydrogen (secondary N) is 2. The normalized spacial score (nSPS) is 16.1. The van der Waals surface area contributed by atoms with E-state index in [0.29, 0.717) is 5.56 Å². The van der Waals surface area contributed by atoms with E-state index in [1.807, 2.05) is 0 Å². The zero-order valence-corrected chi connectivity index (χ0v) is 10.6. The Morgan fingerprint density at radius 2 is 1.58 bits per heavy atom. The van der Waals surface area contributed by atoms with Crippen molar-refractivity contribution in [2.24, 2.45) is 0 Å². The van der Waals surface area contributed by atoms with E-state index in [-0.39, 0.29) is 5.75 Å². The van der Waals surface area contributed by atoms with Gasteiger partial charge in [0.1, 0.15) is 18.2 Å². The minimum absolute atomic E-state index is 0.0335. The van der Waals surface area contributed by atoms with Crippen LogP contribution >= 0.6 is 0 Å². The van der Waals surface area contributed by atoms with Gasteiger partial charge >= 0.3 is 0 Å². The zero-order chi connectivity index (χ0) is 14.4. The maximum atomic E-state index is 9.49. The highest BCUT2D eigenvalue weighted by Crippen LogP contribution is 2.21. The highest BCUT2D eigenvalue weighted by Gasteiger charge is 2.19. The number of aryl methyl sites for hydroxylation is 1. The molecule has 0 amide bonds. The Bertz CT molecular complexity index is 390. The molecule has 1 rings (SSSR count). The van der Waals surface area contributed by atoms with Gasteiger partial charge in [0.25, 0.3) is 0 Å². The summed E-state index contributed by atoms with van der Waals surface area (Å²) in [4.78, 5) is 0. The van der Waals surface area contributed by atoms with Gasteiger partial charge in [-0.25, -0.2) is 0 Å². The first-order valence-corrected chi connectivity index (χ1v) is 5.87. The lowest BCUT2D eigenvalue weighted by atomic mass is 10.1. The first kappa shape index (κ1) is 15.8. The summed E-state index contributed by atoms with van der Waals surface area (Å²) in [6.45, 7) is 0.776. The molecule has 0 spiro atoms. The fourth-order valence-corrected chi connectivity index (χ4v) is 1.66. The van der Waals surface area contributed by atoms with E-state index in [1.165, 1.54) is 12.1 Å². The van der Waals surface area contributed by atoms with Crippen molar-refractivity contribution in [1.82, 2.24) is 10.6 Å². The third kappa shape index (κ3) is 4.75. The Balaban J connectivity index is 2.96. The Hall–Kier alpha value is -1.22. The molecule has 0 radical (unpaired) electrons. The Labute approximate surface area is 111 Å². The fourth-order valence-electron chi connectivity index (χ4n) is 1.66. The summed E-state index contributed by atoms with van der Waals surface area (Å²) in [5.41, 5.74) is 1.39. The lowest BCUT2D eigenvalue weighted by Gasteiger charge is -2.26. The van der Waals surface area contributed by atoms with E-state index < -0.39 is 31.8 Å². The maximum Gasteiger partial charge on any atom is 0.129 e. The van der Waals surface area contributed by atoms with Crippen LogP contribution in [0.4, 0.5) is 0 Å². The third-order valence-electron chi connectivity index (χ3n) is 2.64. The van der Waals surface area contributed by atoms with Gasteiger partial charge in [0.2, 0.25) is 0 Å². The number of hydrogen-bond acceptors (Lipinski definition) is 7.